The van der Waals surface area contributed by atoms with E-state index in [1.54, 1.807) is 6.92 Å². The van der Waals surface area contributed by atoms with E-state index in [1.807, 2.05) is 0 Å². The molecule has 0 spiro atoms. The third-order valence-corrected chi connectivity index (χ3v) is 1.72. The Balaban J connectivity index is 4.22. The maximum absolute atomic E-state index is 10.3. The van der Waals surface area contributed by atoms with Crippen LogP contribution in [0.5, 0.6) is 0 Å². The Hall–Kier alpha value is -0.510. The lowest BCUT2D eigenvalue weighted by Crippen LogP contribution is -2.33. The van der Waals surface area contributed by atoms with Gasteiger partial charge in [0.2, 0.25) is 0 Å². The predicted molar refractivity (Wildman–Crippen MR) is 40.3 cm³/mol. The van der Waals surface area contributed by atoms with E-state index in [-0.39, 0.29) is 6.42 Å². The van der Waals surface area contributed by atoms with Gasteiger partial charge in [-0.2, -0.15) is 12.6 Å². The van der Waals surface area contributed by atoms with Crippen molar-refractivity contribution in [3.8, 4) is 0 Å². The van der Waals surface area contributed by atoms with E-state index in [4.69, 9.17) is 5.11 Å². The molecule has 0 amide bonds. The number of carbonyl (C=O) groups is 2. The van der Waals surface area contributed by atoms with Gasteiger partial charge in [0.15, 0.2) is 4.75 Å². The summed E-state index contributed by atoms with van der Waals surface area (Å²) in [6.45, 7) is 1.80. The number of carboxylic acid groups (broad SMARTS) is 1. The second-order valence-electron chi connectivity index (χ2n) is 2.10. The summed E-state index contributed by atoms with van der Waals surface area (Å²) in [6, 6.07) is 0. The van der Waals surface area contributed by atoms with Gasteiger partial charge < -0.3 is 9.90 Å². The van der Waals surface area contributed by atoms with Crippen molar-refractivity contribution in [2.45, 2.75) is 24.5 Å². The van der Waals surface area contributed by atoms with E-state index in [0.717, 1.165) is 0 Å². The maximum Gasteiger partial charge on any atom is 0.326 e. The Bertz CT molecular complexity index is 146. The minimum Gasteiger partial charge on any atom is -0.480 e. The molecule has 0 saturated heterocycles. The van der Waals surface area contributed by atoms with E-state index in [1.165, 1.54) is 0 Å². The first kappa shape index (κ1) is 9.49. The third kappa shape index (κ3) is 2.02. The summed E-state index contributed by atoms with van der Waals surface area (Å²) in [5.41, 5.74) is 0. The quantitative estimate of drug-likeness (QED) is 0.364. The Morgan fingerprint density at radius 1 is 1.80 bits per heavy atom. The molecule has 0 aromatic heterocycles. The van der Waals surface area contributed by atoms with Crippen LogP contribution in [-0.2, 0) is 9.59 Å². The molecule has 0 aliphatic rings. The van der Waals surface area contributed by atoms with Crippen molar-refractivity contribution >= 4 is 24.9 Å². The van der Waals surface area contributed by atoms with Crippen LogP contribution in [0.4, 0.5) is 0 Å². The zero-order valence-corrected chi connectivity index (χ0v) is 6.60. The highest BCUT2D eigenvalue weighted by atomic mass is 32.1. The van der Waals surface area contributed by atoms with E-state index < -0.39 is 10.7 Å². The molecule has 0 aliphatic carbocycles. The molecule has 0 rings (SSSR count). The number of hydrogen-bond donors (Lipinski definition) is 2. The lowest BCUT2D eigenvalue weighted by atomic mass is 10.1. The largest absolute Gasteiger partial charge is 0.480 e. The van der Waals surface area contributed by atoms with Crippen molar-refractivity contribution < 1.29 is 14.7 Å². The van der Waals surface area contributed by atoms with Crippen LogP contribution in [0.15, 0.2) is 0 Å². The topological polar surface area (TPSA) is 54.4 Å². The summed E-state index contributed by atoms with van der Waals surface area (Å²) < 4.78 is -1.48. The Kier molecular flexibility index (Phi) is 3.42. The van der Waals surface area contributed by atoms with Crippen LogP contribution in [0.1, 0.15) is 19.8 Å². The average Bonchev–Trinajstić information content (AvgIpc) is 1.88. The first-order valence-corrected chi connectivity index (χ1v) is 3.43. The van der Waals surface area contributed by atoms with E-state index in [0.29, 0.717) is 12.7 Å². The summed E-state index contributed by atoms with van der Waals surface area (Å²) in [7, 11) is 0. The van der Waals surface area contributed by atoms with E-state index in [2.05, 4.69) is 12.6 Å². The van der Waals surface area contributed by atoms with E-state index >= 15 is 0 Å². The van der Waals surface area contributed by atoms with Crippen molar-refractivity contribution in [1.82, 2.24) is 0 Å². The number of carboxylic acids is 1. The summed E-state index contributed by atoms with van der Waals surface area (Å²) >= 11 is 3.73. The Labute approximate surface area is 64.8 Å². The summed E-state index contributed by atoms with van der Waals surface area (Å²) in [5.74, 6) is -1.17. The van der Waals surface area contributed by atoms with Gasteiger partial charge in [-0.05, 0) is 6.42 Å². The molecule has 0 aromatic carbocycles. The summed E-state index contributed by atoms with van der Waals surface area (Å²) in [4.78, 5) is 20.5. The van der Waals surface area contributed by atoms with Gasteiger partial charge >= 0.3 is 5.97 Å². The fourth-order valence-electron chi connectivity index (χ4n) is 0.597. The molecule has 3 nitrogen and oxygen atoms in total. The van der Waals surface area contributed by atoms with Crippen molar-refractivity contribution in [2.24, 2.45) is 0 Å². The van der Waals surface area contributed by atoms with Crippen LogP contribution in [0.2, 0.25) is 0 Å². The average molecular weight is 162 g/mol. The van der Waals surface area contributed by atoms with Gasteiger partial charge in [-0.3, -0.25) is 4.79 Å². The number of aliphatic carboxylic acids is 1. The van der Waals surface area contributed by atoms with Crippen molar-refractivity contribution in [1.29, 1.82) is 0 Å². The highest BCUT2D eigenvalue weighted by Crippen LogP contribution is 2.18. The highest BCUT2D eigenvalue weighted by molar-refractivity contribution is 7.83. The SMILES string of the molecule is CCCC(S)(C=O)C(=O)O. The number of aldehydes is 1. The first-order valence-electron chi connectivity index (χ1n) is 2.99. The number of rotatable bonds is 4. The predicted octanol–water partition coefficient (Wildman–Crippen LogP) is 0.739. The van der Waals surface area contributed by atoms with Crippen LogP contribution in [0.25, 0.3) is 0 Å². The molecule has 10 heavy (non-hydrogen) atoms. The number of hydrogen-bond acceptors (Lipinski definition) is 3. The molecule has 0 aromatic rings. The van der Waals surface area contributed by atoms with Crippen molar-refractivity contribution in [2.75, 3.05) is 0 Å². The lowest BCUT2D eigenvalue weighted by molar-refractivity contribution is -0.141. The lowest BCUT2D eigenvalue weighted by Gasteiger charge is -2.13. The van der Waals surface area contributed by atoms with Gasteiger partial charge in [0.05, 0.1) is 0 Å². The second-order valence-corrected chi connectivity index (χ2v) is 2.90. The Morgan fingerprint density at radius 2 is 2.30 bits per heavy atom. The molecule has 1 atom stereocenters. The summed E-state index contributed by atoms with van der Waals surface area (Å²) in [6.07, 6.45) is 1.27. The zero-order chi connectivity index (χ0) is 8.20. The zero-order valence-electron chi connectivity index (χ0n) is 5.70. The molecule has 0 radical (unpaired) electrons. The van der Waals surface area contributed by atoms with Gasteiger partial charge in [0.1, 0.15) is 6.29 Å². The molecule has 0 aliphatic heterocycles. The van der Waals surface area contributed by atoms with Gasteiger partial charge in [-0.1, -0.05) is 13.3 Å². The second kappa shape index (κ2) is 3.61. The Morgan fingerprint density at radius 3 is 2.40 bits per heavy atom. The standard InChI is InChI=1S/C6H10O3S/c1-2-3-6(10,4-7)5(8)9/h4,10H,2-3H2,1H3,(H,8,9). The van der Waals surface area contributed by atoms with Gasteiger partial charge in [0, 0.05) is 0 Å². The molecule has 0 bridgehead atoms. The minimum absolute atomic E-state index is 0.273. The first-order chi connectivity index (χ1) is 4.56. The van der Waals surface area contributed by atoms with Crippen molar-refractivity contribution in [3.05, 3.63) is 0 Å². The molecule has 1 N–H and O–H groups in total. The molecule has 0 heterocycles. The maximum atomic E-state index is 10.3. The molecule has 4 heteroatoms. The fourth-order valence-corrected chi connectivity index (χ4v) is 0.821. The van der Waals surface area contributed by atoms with Crippen molar-refractivity contribution in [3.63, 3.8) is 0 Å². The normalized spacial score (nSPS) is 15.8. The molecule has 1 unspecified atom stereocenters. The van der Waals surface area contributed by atoms with Gasteiger partial charge in [0.25, 0.3) is 0 Å². The minimum atomic E-state index is -1.48. The number of thiol groups is 1. The smallest absolute Gasteiger partial charge is 0.326 e. The molecule has 0 fully saturated rings. The van der Waals surface area contributed by atoms with Gasteiger partial charge in [-0.25, -0.2) is 0 Å². The molecular weight excluding hydrogens is 152 g/mol. The van der Waals surface area contributed by atoms with Crippen LogP contribution in [-0.4, -0.2) is 22.1 Å². The molecule has 0 saturated carbocycles. The molecule has 58 valence electrons. The summed E-state index contributed by atoms with van der Waals surface area (Å²) in [5, 5.41) is 8.46. The van der Waals surface area contributed by atoms with Gasteiger partial charge in [-0.15, -0.1) is 0 Å². The highest BCUT2D eigenvalue weighted by Gasteiger charge is 2.32. The van der Waals surface area contributed by atoms with Crippen LogP contribution >= 0.6 is 12.6 Å². The monoisotopic (exact) mass is 162 g/mol. The van der Waals surface area contributed by atoms with Crippen LogP contribution < -0.4 is 0 Å². The van der Waals surface area contributed by atoms with Crippen LogP contribution in [0, 0.1) is 0 Å². The third-order valence-electron chi connectivity index (χ3n) is 1.20. The van der Waals surface area contributed by atoms with Crippen LogP contribution in [0.3, 0.4) is 0 Å². The fraction of sp³-hybridized carbons (Fsp3) is 0.667. The molecular formula is C6H10O3S. The number of carbonyl (C=O) groups excluding carboxylic acids is 1. The van der Waals surface area contributed by atoms with E-state index in [9.17, 15) is 9.59 Å².